The first kappa shape index (κ1) is 13.7. The fourth-order valence-corrected chi connectivity index (χ4v) is 1.86. The number of carbonyl (C=O) groups excluding carboxylic acids is 1. The molecule has 0 heterocycles. The van der Waals surface area contributed by atoms with Crippen LogP contribution < -0.4 is 0 Å². The summed E-state index contributed by atoms with van der Waals surface area (Å²) in [6, 6.07) is 14.1. The van der Waals surface area contributed by atoms with Gasteiger partial charge in [-0.3, -0.25) is 4.79 Å². The summed E-state index contributed by atoms with van der Waals surface area (Å²) in [5, 5.41) is 10.4. The standard InChI is InChI=1S/C15H12ClFO2/c16-12-8-6-11(7-9-12)15(19)13(17)14(18)10-4-2-1-3-5-10/h1-9,13,15,19H. The summed E-state index contributed by atoms with van der Waals surface area (Å²) in [6.07, 6.45) is -3.49. The third-order valence-corrected chi connectivity index (χ3v) is 3.05. The van der Waals surface area contributed by atoms with Crippen molar-refractivity contribution in [3.8, 4) is 0 Å². The van der Waals surface area contributed by atoms with Crippen LogP contribution in [0, 0.1) is 0 Å². The van der Waals surface area contributed by atoms with Gasteiger partial charge in [0.25, 0.3) is 0 Å². The predicted molar refractivity (Wildman–Crippen MR) is 72.1 cm³/mol. The van der Waals surface area contributed by atoms with Gasteiger partial charge in [-0.25, -0.2) is 4.39 Å². The van der Waals surface area contributed by atoms with Gasteiger partial charge < -0.3 is 5.11 Å². The molecule has 2 aromatic carbocycles. The van der Waals surface area contributed by atoms with E-state index in [-0.39, 0.29) is 5.56 Å². The number of aliphatic hydroxyl groups is 1. The lowest BCUT2D eigenvalue weighted by atomic mass is 9.98. The molecule has 2 atom stereocenters. The number of ketones is 1. The second kappa shape index (κ2) is 5.95. The van der Waals surface area contributed by atoms with Crippen molar-refractivity contribution in [2.45, 2.75) is 12.3 Å². The molecule has 0 spiro atoms. The van der Waals surface area contributed by atoms with Gasteiger partial charge in [0, 0.05) is 10.6 Å². The van der Waals surface area contributed by atoms with Crippen molar-refractivity contribution in [1.82, 2.24) is 0 Å². The van der Waals surface area contributed by atoms with E-state index in [0.717, 1.165) is 0 Å². The molecule has 0 aromatic heterocycles. The Hall–Kier alpha value is -1.71. The zero-order valence-electron chi connectivity index (χ0n) is 9.96. The molecule has 98 valence electrons. The molecule has 2 aromatic rings. The molecule has 0 aliphatic heterocycles. The Morgan fingerprint density at radius 2 is 1.63 bits per heavy atom. The lowest BCUT2D eigenvalue weighted by Crippen LogP contribution is -2.24. The van der Waals surface area contributed by atoms with Gasteiger partial charge in [0.15, 0.2) is 12.0 Å². The van der Waals surface area contributed by atoms with Crippen molar-refractivity contribution in [3.05, 3.63) is 70.7 Å². The van der Waals surface area contributed by atoms with Crippen LogP contribution in [0.2, 0.25) is 5.02 Å². The lowest BCUT2D eigenvalue weighted by Gasteiger charge is -2.15. The summed E-state index contributed by atoms with van der Waals surface area (Å²) in [5.74, 6) is -0.733. The Morgan fingerprint density at radius 1 is 1.05 bits per heavy atom. The van der Waals surface area contributed by atoms with Crippen LogP contribution in [0.15, 0.2) is 54.6 Å². The van der Waals surface area contributed by atoms with Crippen LogP contribution in [0.4, 0.5) is 4.39 Å². The Labute approximate surface area is 115 Å². The molecule has 0 saturated carbocycles. The minimum Gasteiger partial charge on any atom is -0.385 e. The van der Waals surface area contributed by atoms with Crippen molar-refractivity contribution < 1.29 is 14.3 Å². The van der Waals surface area contributed by atoms with Gasteiger partial charge in [0.05, 0.1) is 0 Å². The highest BCUT2D eigenvalue weighted by molar-refractivity contribution is 6.30. The van der Waals surface area contributed by atoms with Gasteiger partial charge in [-0.2, -0.15) is 0 Å². The first-order chi connectivity index (χ1) is 9.09. The molecule has 0 saturated heterocycles. The molecule has 2 nitrogen and oxygen atoms in total. The summed E-state index contributed by atoms with van der Waals surface area (Å²) >= 11 is 5.71. The van der Waals surface area contributed by atoms with Crippen LogP contribution in [-0.2, 0) is 0 Å². The van der Waals surface area contributed by atoms with Gasteiger partial charge in [-0.05, 0) is 17.7 Å². The van der Waals surface area contributed by atoms with Crippen molar-refractivity contribution >= 4 is 17.4 Å². The molecule has 0 radical (unpaired) electrons. The molecule has 0 amide bonds. The smallest absolute Gasteiger partial charge is 0.199 e. The topological polar surface area (TPSA) is 37.3 Å². The van der Waals surface area contributed by atoms with Crippen molar-refractivity contribution in [2.75, 3.05) is 0 Å². The fraction of sp³-hybridized carbons (Fsp3) is 0.133. The number of halogens is 2. The summed E-state index contributed by atoms with van der Waals surface area (Å²) in [6.45, 7) is 0. The van der Waals surface area contributed by atoms with E-state index in [0.29, 0.717) is 10.6 Å². The monoisotopic (exact) mass is 278 g/mol. The normalized spacial score (nSPS) is 13.8. The number of hydrogen-bond acceptors (Lipinski definition) is 2. The maximum Gasteiger partial charge on any atom is 0.199 e. The van der Waals surface area contributed by atoms with E-state index in [2.05, 4.69) is 0 Å². The number of benzene rings is 2. The highest BCUT2D eigenvalue weighted by atomic mass is 35.5. The van der Waals surface area contributed by atoms with Crippen LogP contribution >= 0.6 is 11.6 Å². The maximum absolute atomic E-state index is 14.0. The van der Waals surface area contributed by atoms with E-state index in [1.807, 2.05) is 0 Å². The molecule has 0 aliphatic rings. The SMILES string of the molecule is O=C(c1ccccc1)C(F)C(O)c1ccc(Cl)cc1. The van der Waals surface area contributed by atoms with Crippen LogP contribution in [-0.4, -0.2) is 17.1 Å². The predicted octanol–water partition coefficient (Wildman–Crippen LogP) is 3.59. The van der Waals surface area contributed by atoms with Gasteiger partial charge in [-0.15, -0.1) is 0 Å². The minimum absolute atomic E-state index is 0.239. The number of hydrogen-bond donors (Lipinski definition) is 1. The summed E-state index contributed by atoms with van der Waals surface area (Å²) in [4.78, 5) is 11.9. The van der Waals surface area contributed by atoms with Gasteiger partial charge >= 0.3 is 0 Å². The average molecular weight is 279 g/mol. The second-order valence-electron chi connectivity index (χ2n) is 4.13. The van der Waals surface area contributed by atoms with E-state index in [1.165, 1.54) is 24.3 Å². The number of carbonyl (C=O) groups is 1. The van der Waals surface area contributed by atoms with Crippen LogP contribution in [0.1, 0.15) is 22.0 Å². The van der Waals surface area contributed by atoms with E-state index in [9.17, 15) is 14.3 Å². The Bertz CT molecular complexity index is 554. The van der Waals surface area contributed by atoms with Crippen molar-refractivity contribution in [2.24, 2.45) is 0 Å². The molecular weight excluding hydrogens is 267 g/mol. The number of Topliss-reactive ketones (excluding diaryl/α,β-unsaturated/α-hetero) is 1. The first-order valence-electron chi connectivity index (χ1n) is 5.76. The number of rotatable bonds is 4. The summed E-state index contributed by atoms with van der Waals surface area (Å²) < 4.78 is 14.0. The number of aliphatic hydroxyl groups excluding tert-OH is 1. The van der Waals surface area contributed by atoms with E-state index in [1.54, 1.807) is 30.3 Å². The average Bonchev–Trinajstić information content (AvgIpc) is 2.46. The zero-order valence-corrected chi connectivity index (χ0v) is 10.7. The molecule has 0 fully saturated rings. The quantitative estimate of drug-likeness (QED) is 0.868. The molecule has 1 N–H and O–H groups in total. The molecule has 2 unspecified atom stereocenters. The van der Waals surface area contributed by atoms with Crippen LogP contribution in [0.5, 0.6) is 0 Å². The summed E-state index contributed by atoms with van der Waals surface area (Å²) in [5.41, 5.74) is 0.559. The largest absolute Gasteiger partial charge is 0.385 e. The Morgan fingerprint density at radius 3 is 2.21 bits per heavy atom. The van der Waals surface area contributed by atoms with E-state index >= 15 is 0 Å². The fourth-order valence-electron chi connectivity index (χ4n) is 1.73. The van der Waals surface area contributed by atoms with E-state index in [4.69, 9.17) is 11.6 Å². The lowest BCUT2D eigenvalue weighted by molar-refractivity contribution is 0.0549. The molecule has 0 bridgehead atoms. The highest BCUT2D eigenvalue weighted by Crippen LogP contribution is 2.23. The second-order valence-corrected chi connectivity index (χ2v) is 4.56. The third kappa shape index (κ3) is 3.19. The highest BCUT2D eigenvalue weighted by Gasteiger charge is 2.28. The molecule has 4 heteroatoms. The van der Waals surface area contributed by atoms with Crippen molar-refractivity contribution in [1.29, 1.82) is 0 Å². The molecule has 19 heavy (non-hydrogen) atoms. The Kier molecular flexibility index (Phi) is 4.30. The van der Waals surface area contributed by atoms with E-state index < -0.39 is 18.1 Å². The van der Waals surface area contributed by atoms with Crippen molar-refractivity contribution in [3.63, 3.8) is 0 Å². The maximum atomic E-state index is 14.0. The van der Waals surface area contributed by atoms with Crippen LogP contribution in [0.3, 0.4) is 0 Å². The zero-order chi connectivity index (χ0) is 13.8. The van der Waals surface area contributed by atoms with Gasteiger partial charge in [0.1, 0.15) is 6.10 Å². The third-order valence-electron chi connectivity index (χ3n) is 2.80. The van der Waals surface area contributed by atoms with Gasteiger partial charge in [0.2, 0.25) is 0 Å². The summed E-state index contributed by atoms with van der Waals surface area (Å²) in [7, 11) is 0. The first-order valence-corrected chi connectivity index (χ1v) is 6.14. The molecular formula is C15H12ClFO2. The molecule has 2 rings (SSSR count). The minimum atomic E-state index is -2.00. The number of alkyl halides is 1. The Balaban J connectivity index is 2.17. The van der Waals surface area contributed by atoms with Crippen LogP contribution in [0.25, 0.3) is 0 Å². The van der Waals surface area contributed by atoms with Gasteiger partial charge in [-0.1, -0.05) is 54.1 Å². The molecule has 0 aliphatic carbocycles.